The van der Waals surface area contributed by atoms with Crippen molar-refractivity contribution in [1.82, 2.24) is 10.1 Å². The van der Waals surface area contributed by atoms with Crippen LogP contribution in [0.3, 0.4) is 0 Å². The molecule has 0 aliphatic carbocycles. The van der Waals surface area contributed by atoms with Crippen LogP contribution in [0.2, 0.25) is 5.02 Å². The molecule has 3 aromatic rings. The highest BCUT2D eigenvalue weighted by molar-refractivity contribution is 6.33. The number of aromatic hydroxyl groups is 2. The predicted molar refractivity (Wildman–Crippen MR) is 73.5 cm³/mol. The second-order valence-corrected chi connectivity index (χ2v) is 4.51. The first kappa shape index (κ1) is 12.5. The fourth-order valence-corrected chi connectivity index (χ4v) is 2.01. The van der Waals surface area contributed by atoms with E-state index < -0.39 is 0 Å². The van der Waals surface area contributed by atoms with Crippen LogP contribution in [0, 0.1) is 0 Å². The van der Waals surface area contributed by atoms with E-state index in [9.17, 15) is 10.2 Å². The number of hydrogen-bond donors (Lipinski definition) is 2. The third kappa shape index (κ3) is 2.19. The minimum Gasteiger partial charge on any atom is -0.508 e. The second kappa shape index (κ2) is 4.86. The summed E-state index contributed by atoms with van der Waals surface area (Å²) < 4.78 is 5.12. The van der Waals surface area contributed by atoms with Crippen LogP contribution in [0.4, 0.5) is 0 Å². The first-order valence-electron chi connectivity index (χ1n) is 5.76. The van der Waals surface area contributed by atoms with Crippen molar-refractivity contribution in [3.63, 3.8) is 0 Å². The molecule has 3 rings (SSSR count). The first-order valence-corrected chi connectivity index (χ1v) is 6.14. The van der Waals surface area contributed by atoms with Gasteiger partial charge in [0.05, 0.1) is 10.6 Å². The number of nitrogens with zero attached hydrogens (tertiary/aromatic N) is 2. The van der Waals surface area contributed by atoms with Crippen LogP contribution < -0.4 is 0 Å². The molecule has 1 aromatic heterocycles. The van der Waals surface area contributed by atoms with Gasteiger partial charge in [-0.3, -0.25) is 0 Å². The van der Waals surface area contributed by atoms with Gasteiger partial charge >= 0.3 is 0 Å². The van der Waals surface area contributed by atoms with Crippen LogP contribution in [-0.2, 0) is 0 Å². The lowest BCUT2D eigenvalue weighted by atomic mass is 10.2. The highest BCUT2D eigenvalue weighted by Crippen LogP contribution is 2.33. The molecule has 0 atom stereocenters. The van der Waals surface area contributed by atoms with Crippen molar-refractivity contribution in [2.75, 3.05) is 0 Å². The van der Waals surface area contributed by atoms with E-state index in [-0.39, 0.29) is 17.4 Å². The summed E-state index contributed by atoms with van der Waals surface area (Å²) in [6.45, 7) is 0. The van der Waals surface area contributed by atoms with Crippen LogP contribution >= 0.6 is 11.6 Å². The molecule has 0 saturated carbocycles. The maximum atomic E-state index is 9.77. The number of rotatable bonds is 2. The minimum atomic E-state index is -0.139. The van der Waals surface area contributed by atoms with Gasteiger partial charge in [-0.15, -0.1) is 0 Å². The average Bonchev–Trinajstić information content (AvgIpc) is 2.88. The molecule has 100 valence electrons. The van der Waals surface area contributed by atoms with Gasteiger partial charge in [0.1, 0.15) is 11.5 Å². The fraction of sp³-hybridized carbons (Fsp3) is 0. The van der Waals surface area contributed by atoms with E-state index in [2.05, 4.69) is 10.1 Å². The average molecular weight is 289 g/mol. The molecular formula is C14H9ClN2O3. The quantitative estimate of drug-likeness (QED) is 0.755. The summed E-state index contributed by atoms with van der Waals surface area (Å²) in [6.07, 6.45) is 0. The summed E-state index contributed by atoms with van der Waals surface area (Å²) in [6, 6.07) is 11.2. The third-order valence-corrected chi connectivity index (χ3v) is 3.08. The van der Waals surface area contributed by atoms with Crippen LogP contribution in [0.15, 0.2) is 47.0 Å². The Morgan fingerprint density at radius 2 is 1.80 bits per heavy atom. The molecule has 0 bridgehead atoms. The zero-order chi connectivity index (χ0) is 14.1. The molecule has 0 aliphatic heterocycles. The van der Waals surface area contributed by atoms with E-state index in [1.807, 2.05) is 6.07 Å². The van der Waals surface area contributed by atoms with Crippen LogP contribution in [0.25, 0.3) is 22.8 Å². The van der Waals surface area contributed by atoms with E-state index in [4.69, 9.17) is 16.1 Å². The highest BCUT2D eigenvalue weighted by atomic mass is 35.5. The molecule has 2 N–H and O–H groups in total. The van der Waals surface area contributed by atoms with Gasteiger partial charge in [0.15, 0.2) is 0 Å². The zero-order valence-electron chi connectivity index (χ0n) is 10.1. The third-order valence-electron chi connectivity index (χ3n) is 2.75. The molecule has 20 heavy (non-hydrogen) atoms. The normalized spacial score (nSPS) is 10.7. The summed E-state index contributed by atoms with van der Waals surface area (Å²) in [4.78, 5) is 4.20. The molecule has 0 fully saturated rings. The monoisotopic (exact) mass is 288 g/mol. The predicted octanol–water partition coefficient (Wildman–Crippen LogP) is 3.47. The van der Waals surface area contributed by atoms with E-state index in [0.717, 1.165) is 0 Å². The van der Waals surface area contributed by atoms with Crippen molar-refractivity contribution in [1.29, 1.82) is 0 Å². The number of benzene rings is 2. The number of hydrogen-bond acceptors (Lipinski definition) is 5. The maximum Gasteiger partial charge on any atom is 0.262 e. The lowest BCUT2D eigenvalue weighted by Gasteiger charge is -1.99. The van der Waals surface area contributed by atoms with Crippen molar-refractivity contribution in [3.05, 3.63) is 47.5 Å². The molecule has 2 aromatic carbocycles. The van der Waals surface area contributed by atoms with Crippen molar-refractivity contribution in [2.24, 2.45) is 0 Å². The van der Waals surface area contributed by atoms with Gasteiger partial charge in [-0.1, -0.05) is 28.9 Å². The van der Waals surface area contributed by atoms with Gasteiger partial charge in [-0.05, 0) is 24.3 Å². The van der Waals surface area contributed by atoms with E-state index in [1.165, 1.54) is 18.2 Å². The van der Waals surface area contributed by atoms with Crippen molar-refractivity contribution < 1.29 is 14.7 Å². The largest absolute Gasteiger partial charge is 0.508 e. The van der Waals surface area contributed by atoms with Gasteiger partial charge in [0.25, 0.3) is 5.89 Å². The topological polar surface area (TPSA) is 79.4 Å². The summed E-state index contributed by atoms with van der Waals surface area (Å²) in [7, 11) is 0. The van der Waals surface area contributed by atoms with Crippen molar-refractivity contribution >= 4 is 11.6 Å². The molecule has 1 heterocycles. The molecule has 0 amide bonds. The Bertz CT molecular complexity index is 771. The van der Waals surface area contributed by atoms with E-state index in [1.54, 1.807) is 18.2 Å². The number of halogens is 1. The molecule has 0 saturated heterocycles. The van der Waals surface area contributed by atoms with Gasteiger partial charge in [0, 0.05) is 11.6 Å². The standard InChI is InChI=1S/C14H9ClN2O3/c15-11-4-2-1-3-9(11)13-16-14(20-17-13)10-6-5-8(18)7-12(10)19/h1-7,18-19H. The number of phenols is 2. The Labute approximate surface area is 119 Å². The molecule has 0 aliphatic rings. The van der Waals surface area contributed by atoms with Gasteiger partial charge in [-0.2, -0.15) is 4.98 Å². The fourth-order valence-electron chi connectivity index (χ4n) is 1.79. The molecule has 0 spiro atoms. The van der Waals surface area contributed by atoms with Gasteiger partial charge in [-0.25, -0.2) is 0 Å². The van der Waals surface area contributed by atoms with Crippen LogP contribution in [0.1, 0.15) is 0 Å². The molecule has 5 nitrogen and oxygen atoms in total. The van der Waals surface area contributed by atoms with Crippen molar-refractivity contribution in [2.45, 2.75) is 0 Å². The van der Waals surface area contributed by atoms with Gasteiger partial charge in [0.2, 0.25) is 5.82 Å². The Morgan fingerprint density at radius 3 is 2.55 bits per heavy atom. The second-order valence-electron chi connectivity index (χ2n) is 4.10. The summed E-state index contributed by atoms with van der Waals surface area (Å²) >= 11 is 6.06. The van der Waals surface area contributed by atoms with Crippen molar-refractivity contribution in [3.8, 4) is 34.3 Å². The molecule has 0 unspecified atom stereocenters. The number of aromatic nitrogens is 2. The van der Waals surface area contributed by atoms with E-state index in [0.29, 0.717) is 22.0 Å². The lowest BCUT2D eigenvalue weighted by molar-refractivity contribution is 0.423. The summed E-state index contributed by atoms with van der Waals surface area (Å²) in [5, 5.41) is 23.4. The van der Waals surface area contributed by atoms with E-state index >= 15 is 0 Å². The smallest absolute Gasteiger partial charge is 0.262 e. The Balaban J connectivity index is 2.04. The Morgan fingerprint density at radius 1 is 1.00 bits per heavy atom. The van der Waals surface area contributed by atoms with Crippen LogP contribution in [-0.4, -0.2) is 20.4 Å². The molecule has 6 heteroatoms. The van der Waals surface area contributed by atoms with Gasteiger partial charge < -0.3 is 14.7 Å². The zero-order valence-corrected chi connectivity index (χ0v) is 10.9. The SMILES string of the molecule is Oc1ccc(-c2nc(-c3ccccc3Cl)no2)c(O)c1. The lowest BCUT2D eigenvalue weighted by Crippen LogP contribution is -1.83. The summed E-state index contributed by atoms with van der Waals surface area (Å²) in [5.74, 6) is 0.298. The first-order chi connectivity index (χ1) is 9.65. The summed E-state index contributed by atoms with van der Waals surface area (Å²) in [5.41, 5.74) is 0.982. The molecule has 0 radical (unpaired) electrons. The Hall–Kier alpha value is -2.53. The van der Waals surface area contributed by atoms with Crippen LogP contribution in [0.5, 0.6) is 11.5 Å². The minimum absolute atomic E-state index is 0.0444. The molecular weight excluding hydrogens is 280 g/mol. The Kier molecular flexibility index (Phi) is 3.04. The highest BCUT2D eigenvalue weighted by Gasteiger charge is 2.15. The maximum absolute atomic E-state index is 9.77. The number of phenolic OH excluding ortho intramolecular Hbond substituents is 2.